The molecule has 3 heterocycles. The molecule has 3 rings (SSSR count). The normalized spacial score (nSPS) is 34.4. The maximum atomic E-state index is 15.1. The molecular formula is C49H80N2O12. The number of carbonyl (C=O) groups is 5. The van der Waals surface area contributed by atoms with E-state index in [4.69, 9.17) is 28.4 Å². The van der Waals surface area contributed by atoms with E-state index in [2.05, 4.69) is 18.8 Å². The van der Waals surface area contributed by atoms with Crippen LogP contribution in [-0.4, -0.2) is 128 Å². The fraction of sp³-hybridized carbons (Fsp3) is 0.776. The van der Waals surface area contributed by atoms with Crippen LogP contribution in [-0.2, 0) is 52.4 Å². The number of Topliss-reactive ketones (excluding diaryl/α,β-unsaturated/α-hetero) is 2. The van der Waals surface area contributed by atoms with Gasteiger partial charge in [-0.05, 0) is 110 Å². The highest BCUT2D eigenvalue weighted by molar-refractivity contribution is 6.39. The van der Waals surface area contributed by atoms with Crippen molar-refractivity contribution in [3.05, 3.63) is 36.0 Å². The average molecular weight is 889 g/mol. The molecule has 13 atom stereocenters. The molecule has 358 valence electrons. The Morgan fingerprint density at radius 1 is 1.05 bits per heavy atom. The molecule has 1 amide bonds. The van der Waals surface area contributed by atoms with Crippen molar-refractivity contribution in [2.75, 3.05) is 34.4 Å². The second-order valence-corrected chi connectivity index (χ2v) is 19.6. The maximum Gasteiger partial charge on any atom is 0.329 e. The lowest BCUT2D eigenvalue weighted by atomic mass is 9.80. The lowest BCUT2D eigenvalue weighted by molar-refractivity contribution is -0.243. The molecule has 0 aromatic heterocycles. The highest BCUT2D eigenvalue weighted by atomic mass is 16.6. The van der Waals surface area contributed by atoms with E-state index in [-0.39, 0.29) is 49.5 Å². The van der Waals surface area contributed by atoms with E-state index in [9.17, 15) is 24.3 Å². The second-order valence-electron chi connectivity index (χ2n) is 19.6. The van der Waals surface area contributed by atoms with Gasteiger partial charge in [-0.15, -0.1) is 6.58 Å². The van der Waals surface area contributed by atoms with Gasteiger partial charge in [-0.25, -0.2) is 4.79 Å². The van der Waals surface area contributed by atoms with Gasteiger partial charge >= 0.3 is 11.9 Å². The number of carbonyl (C=O) groups excluding carboxylic acids is 5. The Morgan fingerprint density at radius 3 is 2.30 bits per heavy atom. The van der Waals surface area contributed by atoms with Gasteiger partial charge in [0.2, 0.25) is 0 Å². The Hall–Kier alpha value is -3.27. The van der Waals surface area contributed by atoms with Crippen LogP contribution in [0.5, 0.6) is 0 Å². The number of nitrogens with zero attached hydrogens (tertiary/aromatic N) is 1. The summed E-state index contributed by atoms with van der Waals surface area (Å²) in [5, 5.41) is 14.8. The van der Waals surface area contributed by atoms with E-state index in [1.54, 1.807) is 62.0 Å². The number of fused-ring (bicyclic) bond motifs is 3. The smallest absolute Gasteiger partial charge is 0.329 e. The van der Waals surface area contributed by atoms with Crippen molar-refractivity contribution < 1.29 is 57.5 Å². The molecule has 0 aromatic carbocycles. The Morgan fingerprint density at radius 2 is 1.70 bits per heavy atom. The summed E-state index contributed by atoms with van der Waals surface area (Å²) in [7, 11) is 4.75. The third-order valence-electron chi connectivity index (χ3n) is 12.9. The SMILES string of the molecule is C=CC[C@@H]1/C=C(\C)C[C@H](C)C[C@H](OC)[C@H]2O[C@@](NCC(=O)OC(C)(C)C)(C(=O)C(=O)N3CCCC[C@H]3C(=O)O[C@H](/C(C)=C/[C@H](C)C[C@H](C)OC)[C@H](C)[C@@H](O)CC1=O)[C@H](C)C[C@@H]2OC. The van der Waals surface area contributed by atoms with E-state index < -0.39 is 95.8 Å². The average Bonchev–Trinajstić information content (AvgIpc) is 3.21. The van der Waals surface area contributed by atoms with E-state index in [1.165, 1.54) is 4.90 Å². The predicted octanol–water partition coefficient (Wildman–Crippen LogP) is 6.46. The molecule has 2 saturated heterocycles. The molecule has 0 unspecified atom stereocenters. The highest BCUT2D eigenvalue weighted by Crippen LogP contribution is 2.39. The molecular weight excluding hydrogens is 809 g/mol. The van der Waals surface area contributed by atoms with Crippen LogP contribution in [0.1, 0.15) is 127 Å². The molecule has 2 fully saturated rings. The lowest BCUT2D eigenvalue weighted by Gasteiger charge is -2.50. The minimum absolute atomic E-state index is 0.00521. The summed E-state index contributed by atoms with van der Waals surface area (Å²) < 4.78 is 36.4. The minimum atomic E-state index is -2.04. The summed E-state index contributed by atoms with van der Waals surface area (Å²) in [6.45, 7) is 22.1. The number of hydrogen-bond acceptors (Lipinski definition) is 13. The monoisotopic (exact) mass is 889 g/mol. The van der Waals surface area contributed by atoms with Gasteiger partial charge < -0.3 is 38.4 Å². The minimum Gasteiger partial charge on any atom is -0.459 e. The third-order valence-corrected chi connectivity index (χ3v) is 12.9. The zero-order chi connectivity index (χ0) is 47.4. The number of hydrogen-bond donors (Lipinski definition) is 2. The quantitative estimate of drug-likeness (QED) is 0.124. The second kappa shape index (κ2) is 24.3. The first-order valence-corrected chi connectivity index (χ1v) is 23.0. The molecule has 0 aromatic rings. The number of aliphatic hydroxyl groups excluding tert-OH is 1. The van der Waals surface area contributed by atoms with Crippen LogP contribution in [0.2, 0.25) is 0 Å². The topological polar surface area (TPSA) is 176 Å². The zero-order valence-corrected chi connectivity index (χ0v) is 40.5. The molecule has 0 saturated carbocycles. The maximum absolute atomic E-state index is 15.1. The first-order valence-electron chi connectivity index (χ1n) is 23.0. The number of piperidine rings is 1. The number of rotatable bonds is 12. The fourth-order valence-corrected chi connectivity index (χ4v) is 9.54. The number of amides is 1. The van der Waals surface area contributed by atoms with E-state index in [0.717, 1.165) is 5.57 Å². The zero-order valence-electron chi connectivity index (χ0n) is 40.5. The molecule has 0 spiro atoms. The molecule has 14 nitrogen and oxygen atoms in total. The number of ether oxygens (including phenoxy) is 6. The first kappa shape index (κ1) is 54.1. The van der Waals surface area contributed by atoms with E-state index >= 15 is 4.79 Å². The van der Waals surface area contributed by atoms with Crippen LogP contribution in [0.25, 0.3) is 0 Å². The summed E-state index contributed by atoms with van der Waals surface area (Å²) in [5.74, 6) is -5.43. The number of esters is 2. The number of ketones is 2. The number of aliphatic hydroxyl groups is 1. The Kier molecular flexibility index (Phi) is 20.9. The summed E-state index contributed by atoms with van der Waals surface area (Å²) in [5.41, 5.74) is -1.22. The van der Waals surface area contributed by atoms with Crippen molar-refractivity contribution in [2.45, 2.75) is 181 Å². The van der Waals surface area contributed by atoms with Gasteiger partial charge in [-0.1, -0.05) is 51.5 Å². The first-order chi connectivity index (χ1) is 29.5. The van der Waals surface area contributed by atoms with Crippen LogP contribution in [0.4, 0.5) is 0 Å². The third kappa shape index (κ3) is 14.9. The number of allylic oxidation sites excluding steroid dienone is 4. The van der Waals surface area contributed by atoms with Gasteiger partial charge in [0.05, 0.1) is 31.0 Å². The summed E-state index contributed by atoms with van der Waals surface area (Å²) in [4.78, 5) is 73.0. The summed E-state index contributed by atoms with van der Waals surface area (Å²) in [6, 6.07) is -1.14. The van der Waals surface area contributed by atoms with Gasteiger partial charge in [0.1, 0.15) is 29.6 Å². The standard InChI is InChI=1S/C49H80N2O12/c1-15-18-36-24-29(2)21-30(3)25-40(59-13)44-41(60-14)26-33(6)49(63-44,50-28-42(54)62-48(9,10)11)45(55)46(56)51-20-17-16-19-37(51)47(57)61-43(35(8)38(52)27-39(36)53)32(5)22-31(4)23-34(7)58-12/h15,22,24,30-31,33-38,40-41,43-44,50,52H,1,16-21,23,25-28H2,2-14H3/b29-24+,32-22+/t30-,31-,33+,34-,35+,36+,37-,38-,40-,41-,43+,44+,49+/m0/s1. The molecule has 0 aliphatic carbocycles. The van der Waals surface area contributed by atoms with Gasteiger partial charge in [0, 0.05) is 52.0 Å². The van der Waals surface area contributed by atoms with Crippen molar-refractivity contribution in [3.63, 3.8) is 0 Å². The summed E-state index contributed by atoms with van der Waals surface area (Å²) in [6.07, 6.45) is 4.93. The van der Waals surface area contributed by atoms with E-state index in [0.29, 0.717) is 44.1 Å². The van der Waals surface area contributed by atoms with Gasteiger partial charge in [0.15, 0.2) is 5.72 Å². The van der Waals surface area contributed by atoms with Crippen molar-refractivity contribution >= 4 is 29.4 Å². The largest absolute Gasteiger partial charge is 0.459 e. The Balaban J connectivity index is 2.24. The van der Waals surface area contributed by atoms with Crippen LogP contribution >= 0.6 is 0 Å². The Bertz CT molecular complexity index is 1640. The van der Waals surface area contributed by atoms with Gasteiger partial charge in [-0.3, -0.25) is 24.5 Å². The molecule has 14 heteroatoms. The molecule has 3 aliphatic rings. The van der Waals surface area contributed by atoms with Crippen molar-refractivity contribution in [1.82, 2.24) is 10.2 Å². The molecule has 2 N–H and O–H groups in total. The molecule has 63 heavy (non-hydrogen) atoms. The van der Waals surface area contributed by atoms with Crippen molar-refractivity contribution in [2.24, 2.45) is 29.6 Å². The van der Waals surface area contributed by atoms with Crippen molar-refractivity contribution in [3.8, 4) is 0 Å². The van der Waals surface area contributed by atoms with Crippen molar-refractivity contribution in [1.29, 1.82) is 0 Å². The highest BCUT2D eigenvalue weighted by Gasteiger charge is 2.57. The Labute approximate surface area is 377 Å². The predicted molar refractivity (Wildman–Crippen MR) is 240 cm³/mol. The van der Waals surface area contributed by atoms with Gasteiger partial charge in [-0.2, -0.15) is 0 Å². The molecule has 2 bridgehead atoms. The number of nitrogens with one attached hydrogen (secondary N) is 1. The molecule has 0 radical (unpaired) electrons. The number of methoxy groups -OCH3 is 3. The number of cyclic esters (lactones) is 1. The van der Waals surface area contributed by atoms with Crippen LogP contribution in [0, 0.1) is 29.6 Å². The van der Waals surface area contributed by atoms with Crippen LogP contribution < -0.4 is 5.32 Å². The molecule has 3 aliphatic heterocycles. The fourth-order valence-electron chi connectivity index (χ4n) is 9.54. The van der Waals surface area contributed by atoms with E-state index in [1.807, 2.05) is 39.8 Å². The summed E-state index contributed by atoms with van der Waals surface area (Å²) >= 11 is 0. The van der Waals surface area contributed by atoms with Crippen LogP contribution in [0.3, 0.4) is 0 Å². The lowest BCUT2D eigenvalue weighted by Crippen LogP contribution is -2.70. The van der Waals surface area contributed by atoms with Gasteiger partial charge in [0.25, 0.3) is 11.7 Å². The van der Waals surface area contributed by atoms with Crippen LogP contribution in [0.15, 0.2) is 36.0 Å².